The number of hydrogen-bond donors (Lipinski definition) is 2. The zero-order valence-electron chi connectivity index (χ0n) is 14.0. The minimum Gasteiger partial charge on any atom is -0.395 e. The van der Waals surface area contributed by atoms with Gasteiger partial charge in [-0.15, -0.1) is 0 Å². The largest absolute Gasteiger partial charge is 0.395 e. The van der Waals surface area contributed by atoms with E-state index in [9.17, 15) is 13.5 Å². The van der Waals surface area contributed by atoms with E-state index in [1.54, 1.807) is 12.1 Å². The topological polar surface area (TPSA) is 66.4 Å². The van der Waals surface area contributed by atoms with Crippen LogP contribution in [0.1, 0.15) is 52.4 Å². The van der Waals surface area contributed by atoms with Crippen LogP contribution in [0, 0.1) is 5.92 Å². The first-order valence-corrected chi connectivity index (χ1v) is 10.2. The first kappa shape index (κ1) is 20.4. The molecule has 2 atom stereocenters. The molecule has 0 aliphatic heterocycles. The molecule has 0 bridgehead atoms. The summed E-state index contributed by atoms with van der Waals surface area (Å²) >= 11 is 5.80. The van der Waals surface area contributed by atoms with Crippen LogP contribution in [0.25, 0.3) is 0 Å². The molecule has 132 valence electrons. The van der Waals surface area contributed by atoms with E-state index >= 15 is 0 Å². The molecule has 0 aliphatic rings. The molecule has 23 heavy (non-hydrogen) atoms. The van der Waals surface area contributed by atoms with Crippen molar-refractivity contribution in [3.8, 4) is 0 Å². The second-order valence-electron chi connectivity index (χ2n) is 5.88. The monoisotopic (exact) mass is 361 g/mol. The van der Waals surface area contributed by atoms with Crippen molar-refractivity contribution in [3.63, 3.8) is 0 Å². The van der Waals surface area contributed by atoms with Gasteiger partial charge >= 0.3 is 0 Å². The minimum absolute atomic E-state index is 0.138. The standard InChI is InChI=1S/C17H28ClNO3S/c1-3-5-6-7-8-14(4-2)17(13-20)19-23(21,22)16-11-9-15(18)10-12-16/h9-12,14,17,19-20H,3-8,13H2,1-2H3/t14-,17-/m1/s1. The lowest BCUT2D eigenvalue weighted by Gasteiger charge is -2.25. The van der Waals surface area contributed by atoms with Gasteiger partial charge in [0.05, 0.1) is 11.5 Å². The summed E-state index contributed by atoms with van der Waals surface area (Å²) in [5, 5.41) is 10.1. The summed E-state index contributed by atoms with van der Waals surface area (Å²) in [6, 6.07) is 5.59. The zero-order chi connectivity index (χ0) is 17.3. The lowest BCUT2D eigenvalue weighted by Crippen LogP contribution is -2.42. The predicted molar refractivity (Wildman–Crippen MR) is 95.2 cm³/mol. The molecule has 0 aromatic heterocycles. The molecule has 6 heteroatoms. The third kappa shape index (κ3) is 6.79. The lowest BCUT2D eigenvalue weighted by molar-refractivity contribution is 0.203. The first-order chi connectivity index (χ1) is 10.9. The van der Waals surface area contributed by atoms with Crippen LogP contribution in [0.2, 0.25) is 5.02 Å². The Morgan fingerprint density at radius 1 is 1.13 bits per heavy atom. The van der Waals surface area contributed by atoms with Gasteiger partial charge in [0.25, 0.3) is 0 Å². The van der Waals surface area contributed by atoms with Crippen molar-refractivity contribution in [1.29, 1.82) is 0 Å². The van der Waals surface area contributed by atoms with Gasteiger partial charge in [-0.05, 0) is 36.6 Å². The molecule has 0 radical (unpaired) electrons. The molecule has 0 saturated heterocycles. The fourth-order valence-corrected chi connectivity index (χ4v) is 4.11. The molecule has 2 N–H and O–H groups in total. The van der Waals surface area contributed by atoms with Gasteiger partial charge in [0.1, 0.15) is 0 Å². The van der Waals surface area contributed by atoms with Crippen LogP contribution in [0.3, 0.4) is 0 Å². The Labute approximate surface area is 145 Å². The molecule has 0 unspecified atom stereocenters. The van der Waals surface area contributed by atoms with Crippen LogP contribution >= 0.6 is 11.6 Å². The summed E-state index contributed by atoms with van der Waals surface area (Å²) in [7, 11) is -3.65. The highest BCUT2D eigenvalue weighted by atomic mass is 35.5. The number of benzene rings is 1. The summed E-state index contributed by atoms with van der Waals surface area (Å²) in [5.41, 5.74) is 0. The highest BCUT2D eigenvalue weighted by Gasteiger charge is 2.25. The summed E-state index contributed by atoms with van der Waals surface area (Å²) < 4.78 is 27.5. The predicted octanol–water partition coefficient (Wildman–Crippen LogP) is 3.98. The van der Waals surface area contributed by atoms with Gasteiger partial charge in [-0.3, -0.25) is 0 Å². The number of aliphatic hydroxyl groups excluding tert-OH is 1. The zero-order valence-corrected chi connectivity index (χ0v) is 15.5. The van der Waals surface area contributed by atoms with E-state index in [-0.39, 0.29) is 17.4 Å². The number of nitrogens with one attached hydrogen (secondary N) is 1. The molecule has 1 rings (SSSR count). The maximum Gasteiger partial charge on any atom is 0.240 e. The second-order valence-corrected chi connectivity index (χ2v) is 8.03. The van der Waals surface area contributed by atoms with Crippen LogP contribution in [0.5, 0.6) is 0 Å². The van der Waals surface area contributed by atoms with Gasteiger partial charge < -0.3 is 5.11 Å². The van der Waals surface area contributed by atoms with Crippen molar-refractivity contribution in [1.82, 2.24) is 4.72 Å². The average Bonchev–Trinajstić information content (AvgIpc) is 2.53. The van der Waals surface area contributed by atoms with Crippen molar-refractivity contribution in [2.75, 3.05) is 6.61 Å². The molecule has 0 spiro atoms. The summed E-state index contributed by atoms with van der Waals surface area (Å²) in [5.74, 6) is 0.138. The average molecular weight is 362 g/mol. The summed E-state index contributed by atoms with van der Waals surface area (Å²) in [6.45, 7) is 4.00. The smallest absolute Gasteiger partial charge is 0.240 e. The Morgan fingerprint density at radius 2 is 1.78 bits per heavy atom. The van der Waals surface area contributed by atoms with Crippen LogP contribution in [0.4, 0.5) is 0 Å². The van der Waals surface area contributed by atoms with Crippen LogP contribution in [-0.4, -0.2) is 26.2 Å². The van der Waals surface area contributed by atoms with Crippen molar-refractivity contribution in [2.24, 2.45) is 5.92 Å². The molecule has 0 heterocycles. The quantitative estimate of drug-likeness (QED) is 0.586. The van der Waals surface area contributed by atoms with Gasteiger partial charge in [-0.2, -0.15) is 0 Å². The third-order valence-corrected chi connectivity index (χ3v) is 5.91. The second kappa shape index (κ2) is 10.3. The van der Waals surface area contributed by atoms with Gasteiger partial charge in [0.2, 0.25) is 10.0 Å². The Hall–Kier alpha value is -0.620. The van der Waals surface area contributed by atoms with Gasteiger partial charge in [0.15, 0.2) is 0 Å². The fourth-order valence-electron chi connectivity index (χ4n) is 2.69. The number of unbranched alkanes of at least 4 members (excludes halogenated alkanes) is 3. The molecule has 0 saturated carbocycles. The molecule has 1 aromatic rings. The van der Waals surface area contributed by atoms with Crippen LogP contribution in [-0.2, 0) is 10.0 Å². The number of aliphatic hydroxyl groups is 1. The van der Waals surface area contributed by atoms with Crippen LogP contribution < -0.4 is 4.72 Å². The number of sulfonamides is 1. The number of halogens is 1. The highest BCUT2D eigenvalue weighted by molar-refractivity contribution is 7.89. The van der Waals surface area contributed by atoms with E-state index in [4.69, 9.17) is 11.6 Å². The molecule has 4 nitrogen and oxygen atoms in total. The summed E-state index contributed by atoms with van der Waals surface area (Å²) in [6.07, 6.45) is 6.33. The maximum absolute atomic E-state index is 12.4. The number of rotatable bonds is 11. The van der Waals surface area contributed by atoms with Gasteiger partial charge in [-0.25, -0.2) is 13.1 Å². The van der Waals surface area contributed by atoms with Crippen molar-refractivity contribution in [3.05, 3.63) is 29.3 Å². The maximum atomic E-state index is 12.4. The van der Waals surface area contributed by atoms with E-state index in [2.05, 4.69) is 11.6 Å². The van der Waals surface area contributed by atoms with Gasteiger partial charge in [0, 0.05) is 11.1 Å². The van der Waals surface area contributed by atoms with Crippen molar-refractivity contribution < 1.29 is 13.5 Å². The molecule has 0 fully saturated rings. The minimum atomic E-state index is -3.65. The number of hydrogen-bond acceptors (Lipinski definition) is 3. The molecular weight excluding hydrogens is 334 g/mol. The van der Waals surface area contributed by atoms with Crippen LogP contribution in [0.15, 0.2) is 29.2 Å². The lowest BCUT2D eigenvalue weighted by atomic mass is 9.92. The molecule has 0 amide bonds. The molecular formula is C17H28ClNO3S. The van der Waals surface area contributed by atoms with E-state index in [0.29, 0.717) is 5.02 Å². The summed E-state index contributed by atoms with van der Waals surface area (Å²) in [4.78, 5) is 0.168. The molecule has 0 aliphatic carbocycles. The Bertz CT molecular complexity index is 545. The van der Waals surface area contributed by atoms with E-state index < -0.39 is 16.1 Å². The Kier molecular flexibility index (Phi) is 9.14. The SMILES string of the molecule is CCCCCC[C@@H](CC)[C@@H](CO)NS(=O)(=O)c1ccc(Cl)cc1. The third-order valence-electron chi connectivity index (χ3n) is 4.15. The van der Waals surface area contributed by atoms with Crippen molar-refractivity contribution in [2.45, 2.75) is 63.3 Å². The fraction of sp³-hybridized carbons (Fsp3) is 0.647. The first-order valence-electron chi connectivity index (χ1n) is 8.33. The van der Waals surface area contributed by atoms with E-state index in [0.717, 1.165) is 25.7 Å². The van der Waals surface area contributed by atoms with Crippen molar-refractivity contribution >= 4 is 21.6 Å². The van der Waals surface area contributed by atoms with E-state index in [1.807, 2.05) is 6.92 Å². The van der Waals surface area contributed by atoms with E-state index in [1.165, 1.54) is 25.0 Å². The molecule has 1 aromatic carbocycles. The normalized spacial score (nSPS) is 14.6. The highest BCUT2D eigenvalue weighted by Crippen LogP contribution is 2.21. The Morgan fingerprint density at radius 3 is 2.30 bits per heavy atom. The van der Waals surface area contributed by atoms with Gasteiger partial charge in [-0.1, -0.05) is 57.6 Å². The Balaban J connectivity index is 2.73.